The van der Waals surface area contributed by atoms with Crippen LogP contribution in [0.15, 0.2) is 53.6 Å². The highest BCUT2D eigenvalue weighted by molar-refractivity contribution is 5.95. The molecule has 0 saturated carbocycles. The number of carbonyl (C=O) groups excluding carboxylic acids is 2. The van der Waals surface area contributed by atoms with Crippen LogP contribution >= 0.6 is 0 Å². The van der Waals surface area contributed by atoms with Gasteiger partial charge in [-0.3, -0.25) is 19.4 Å². The Kier molecular flexibility index (Phi) is 4.20. The minimum absolute atomic E-state index is 0.0546. The van der Waals surface area contributed by atoms with E-state index in [0.717, 1.165) is 16.5 Å². The molecule has 3 aromatic rings. The average molecular weight is 321 g/mol. The number of hydrogen-bond donors (Lipinski definition) is 1. The fraction of sp³-hybridized carbons (Fsp3) is 0.111. The molecule has 0 spiro atoms. The number of benzene rings is 1. The Bertz CT molecular complexity index is 992. The molecule has 1 amide bonds. The summed E-state index contributed by atoms with van der Waals surface area (Å²) >= 11 is 0. The van der Waals surface area contributed by atoms with Gasteiger partial charge >= 0.3 is 0 Å². The Labute approximate surface area is 137 Å². The SMILES string of the molecule is CNC(=O)c1cc(C=O)cn(Cc2ccc3cccnc3c2)c1=O. The Balaban J connectivity index is 2.06. The number of amides is 1. The summed E-state index contributed by atoms with van der Waals surface area (Å²) < 4.78 is 1.36. The molecular formula is C18H15N3O3. The Morgan fingerprint density at radius 3 is 2.88 bits per heavy atom. The quantitative estimate of drug-likeness (QED) is 0.740. The van der Waals surface area contributed by atoms with E-state index >= 15 is 0 Å². The molecule has 2 aromatic heterocycles. The van der Waals surface area contributed by atoms with Crippen molar-refractivity contribution in [2.24, 2.45) is 0 Å². The second-order valence-corrected chi connectivity index (χ2v) is 5.35. The first kappa shape index (κ1) is 15.6. The molecule has 1 N–H and O–H groups in total. The highest BCUT2D eigenvalue weighted by atomic mass is 16.2. The molecule has 6 heteroatoms. The van der Waals surface area contributed by atoms with Crippen LogP contribution in [-0.2, 0) is 6.54 Å². The number of hydrogen-bond acceptors (Lipinski definition) is 4. The summed E-state index contributed by atoms with van der Waals surface area (Å²) in [6.07, 6.45) is 3.77. The predicted octanol–water partition coefficient (Wildman–Crippen LogP) is 1.62. The van der Waals surface area contributed by atoms with Crippen molar-refractivity contribution < 1.29 is 9.59 Å². The van der Waals surface area contributed by atoms with Crippen LogP contribution < -0.4 is 10.9 Å². The fourth-order valence-electron chi connectivity index (χ4n) is 2.55. The van der Waals surface area contributed by atoms with Crippen molar-refractivity contribution in [2.45, 2.75) is 6.54 Å². The standard InChI is InChI=1S/C18H15N3O3/c1-19-17(23)15-7-13(11-22)10-21(18(15)24)9-12-4-5-14-3-2-6-20-16(14)8-12/h2-8,10-11H,9H2,1H3,(H,19,23). The highest BCUT2D eigenvalue weighted by Gasteiger charge is 2.13. The molecule has 120 valence electrons. The monoisotopic (exact) mass is 321 g/mol. The first-order valence-corrected chi connectivity index (χ1v) is 7.38. The molecule has 0 radical (unpaired) electrons. The van der Waals surface area contributed by atoms with Crippen molar-refractivity contribution in [3.05, 3.63) is 75.8 Å². The van der Waals surface area contributed by atoms with Crippen LogP contribution in [0, 0.1) is 0 Å². The van der Waals surface area contributed by atoms with E-state index in [-0.39, 0.29) is 17.7 Å². The van der Waals surface area contributed by atoms with Crippen molar-refractivity contribution in [3.63, 3.8) is 0 Å². The second kappa shape index (κ2) is 6.45. The highest BCUT2D eigenvalue weighted by Crippen LogP contribution is 2.14. The van der Waals surface area contributed by atoms with Crippen molar-refractivity contribution in [2.75, 3.05) is 7.05 Å². The van der Waals surface area contributed by atoms with Crippen LogP contribution in [0.25, 0.3) is 10.9 Å². The summed E-state index contributed by atoms with van der Waals surface area (Å²) in [5.74, 6) is -0.516. The number of carbonyl (C=O) groups is 2. The zero-order valence-electron chi connectivity index (χ0n) is 13.0. The van der Waals surface area contributed by atoms with E-state index in [9.17, 15) is 14.4 Å². The van der Waals surface area contributed by atoms with Gasteiger partial charge in [-0.25, -0.2) is 0 Å². The third-order valence-electron chi connectivity index (χ3n) is 3.74. The number of aromatic nitrogens is 2. The lowest BCUT2D eigenvalue weighted by molar-refractivity contribution is 0.0961. The third-order valence-corrected chi connectivity index (χ3v) is 3.74. The third kappa shape index (κ3) is 2.94. The number of fused-ring (bicyclic) bond motifs is 1. The lowest BCUT2D eigenvalue weighted by atomic mass is 10.1. The van der Waals surface area contributed by atoms with Gasteiger partial charge in [-0.05, 0) is 23.8 Å². The lowest BCUT2D eigenvalue weighted by Crippen LogP contribution is -2.31. The maximum absolute atomic E-state index is 12.5. The maximum Gasteiger partial charge on any atom is 0.263 e. The average Bonchev–Trinajstić information content (AvgIpc) is 2.62. The number of pyridine rings is 2. The number of nitrogens with one attached hydrogen (secondary N) is 1. The molecule has 3 rings (SSSR count). The van der Waals surface area contributed by atoms with Crippen LogP contribution in [-0.4, -0.2) is 28.8 Å². The van der Waals surface area contributed by atoms with Crippen molar-refractivity contribution >= 4 is 23.1 Å². The van der Waals surface area contributed by atoms with Gasteiger partial charge in [-0.1, -0.05) is 18.2 Å². The second-order valence-electron chi connectivity index (χ2n) is 5.35. The first-order chi connectivity index (χ1) is 11.6. The molecule has 0 bridgehead atoms. The fourth-order valence-corrected chi connectivity index (χ4v) is 2.55. The van der Waals surface area contributed by atoms with Crippen LogP contribution in [0.3, 0.4) is 0 Å². The van der Waals surface area contributed by atoms with Gasteiger partial charge in [0.25, 0.3) is 11.5 Å². The largest absolute Gasteiger partial charge is 0.355 e. The van der Waals surface area contributed by atoms with E-state index in [1.807, 2.05) is 30.3 Å². The van der Waals surface area contributed by atoms with Crippen molar-refractivity contribution in [1.29, 1.82) is 0 Å². The maximum atomic E-state index is 12.5. The zero-order chi connectivity index (χ0) is 17.1. The summed E-state index contributed by atoms with van der Waals surface area (Å²) in [7, 11) is 1.44. The van der Waals surface area contributed by atoms with Gasteiger partial charge in [0.05, 0.1) is 12.1 Å². The van der Waals surface area contributed by atoms with Gasteiger partial charge in [0.2, 0.25) is 0 Å². The number of nitrogens with zero attached hydrogens (tertiary/aromatic N) is 2. The molecule has 2 heterocycles. The summed E-state index contributed by atoms with van der Waals surface area (Å²) in [6, 6.07) is 10.8. The van der Waals surface area contributed by atoms with Crippen LogP contribution in [0.1, 0.15) is 26.3 Å². The van der Waals surface area contributed by atoms with E-state index in [1.54, 1.807) is 6.20 Å². The molecule has 0 atom stereocenters. The van der Waals surface area contributed by atoms with E-state index in [4.69, 9.17) is 0 Å². The molecule has 0 aliphatic carbocycles. The van der Waals surface area contributed by atoms with Gasteiger partial charge in [-0.15, -0.1) is 0 Å². The van der Waals surface area contributed by atoms with Gasteiger partial charge in [0.15, 0.2) is 6.29 Å². The normalized spacial score (nSPS) is 10.5. The molecule has 6 nitrogen and oxygen atoms in total. The van der Waals surface area contributed by atoms with Crippen molar-refractivity contribution in [1.82, 2.24) is 14.9 Å². The number of rotatable bonds is 4. The first-order valence-electron chi connectivity index (χ1n) is 7.38. The Morgan fingerprint density at radius 2 is 2.12 bits per heavy atom. The molecule has 0 fully saturated rings. The van der Waals surface area contributed by atoms with E-state index in [1.165, 1.54) is 23.9 Å². The molecule has 0 saturated heterocycles. The Morgan fingerprint density at radius 1 is 1.29 bits per heavy atom. The van der Waals surface area contributed by atoms with Gasteiger partial charge in [0.1, 0.15) is 5.56 Å². The Hall–Kier alpha value is -3.28. The molecular weight excluding hydrogens is 306 g/mol. The summed E-state index contributed by atoms with van der Waals surface area (Å²) in [5, 5.41) is 3.41. The molecule has 0 unspecified atom stereocenters. The predicted molar refractivity (Wildman–Crippen MR) is 90.3 cm³/mol. The summed E-state index contributed by atoms with van der Waals surface area (Å²) in [4.78, 5) is 39.7. The van der Waals surface area contributed by atoms with Gasteiger partial charge in [-0.2, -0.15) is 0 Å². The van der Waals surface area contributed by atoms with Crippen molar-refractivity contribution in [3.8, 4) is 0 Å². The van der Waals surface area contributed by atoms with Crippen LogP contribution in [0.4, 0.5) is 0 Å². The molecule has 0 aliphatic rings. The topological polar surface area (TPSA) is 81.1 Å². The lowest BCUT2D eigenvalue weighted by Gasteiger charge is -2.10. The minimum atomic E-state index is -0.516. The minimum Gasteiger partial charge on any atom is -0.355 e. The van der Waals surface area contributed by atoms with Gasteiger partial charge in [0, 0.05) is 30.4 Å². The van der Waals surface area contributed by atoms with Crippen LogP contribution in [0.2, 0.25) is 0 Å². The van der Waals surface area contributed by atoms with Crippen LogP contribution in [0.5, 0.6) is 0 Å². The van der Waals surface area contributed by atoms with Gasteiger partial charge < -0.3 is 9.88 Å². The molecule has 0 aliphatic heterocycles. The summed E-state index contributed by atoms with van der Waals surface area (Å²) in [5.41, 5.74) is 1.45. The molecule has 24 heavy (non-hydrogen) atoms. The van der Waals surface area contributed by atoms with E-state index < -0.39 is 11.5 Å². The smallest absolute Gasteiger partial charge is 0.263 e. The number of aldehydes is 1. The van der Waals surface area contributed by atoms with E-state index in [2.05, 4.69) is 10.3 Å². The summed E-state index contributed by atoms with van der Waals surface area (Å²) in [6.45, 7) is 0.247. The molecule has 1 aromatic carbocycles. The zero-order valence-corrected chi connectivity index (χ0v) is 13.0. The van der Waals surface area contributed by atoms with E-state index in [0.29, 0.717) is 6.29 Å².